The molecule has 3 rings (SSSR count). The van der Waals surface area contributed by atoms with Crippen LogP contribution in [-0.4, -0.2) is 24.4 Å². The van der Waals surface area contributed by atoms with Gasteiger partial charge < -0.3 is 4.52 Å². The summed E-state index contributed by atoms with van der Waals surface area (Å²) in [6.07, 6.45) is 1.61. The summed E-state index contributed by atoms with van der Waals surface area (Å²) < 4.78 is 32.6. The van der Waals surface area contributed by atoms with Crippen molar-refractivity contribution in [1.82, 2.24) is 9.46 Å². The number of nitrogens with zero attached hydrogens (tertiary/aromatic N) is 2. The number of sulfonamides is 1. The van der Waals surface area contributed by atoms with Gasteiger partial charge in [-0.3, -0.25) is 0 Å². The van der Waals surface area contributed by atoms with Gasteiger partial charge in [0.2, 0.25) is 10.0 Å². The number of aromatic nitrogens is 1. The van der Waals surface area contributed by atoms with Crippen LogP contribution in [0.1, 0.15) is 41.5 Å². The predicted molar refractivity (Wildman–Crippen MR) is 83.0 cm³/mol. The molecule has 0 aliphatic carbocycles. The second-order valence-corrected chi connectivity index (χ2v) is 7.77. The topological polar surface area (TPSA) is 63.4 Å². The van der Waals surface area contributed by atoms with Crippen molar-refractivity contribution in [2.24, 2.45) is 0 Å². The zero-order valence-corrected chi connectivity index (χ0v) is 13.9. The van der Waals surface area contributed by atoms with Crippen LogP contribution in [0.5, 0.6) is 0 Å². The number of aryl methyl sites for hydroxylation is 3. The average Bonchev–Trinajstić information content (AvgIpc) is 3.10. The van der Waals surface area contributed by atoms with Gasteiger partial charge in [0, 0.05) is 12.6 Å². The van der Waals surface area contributed by atoms with E-state index in [9.17, 15) is 8.42 Å². The Balaban J connectivity index is 1.98. The minimum Gasteiger partial charge on any atom is -0.361 e. The van der Waals surface area contributed by atoms with Crippen LogP contribution in [0, 0.1) is 20.8 Å². The summed E-state index contributed by atoms with van der Waals surface area (Å²) >= 11 is 0. The van der Waals surface area contributed by atoms with Gasteiger partial charge in [-0.15, -0.1) is 0 Å². The molecule has 0 N–H and O–H groups in total. The lowest BCUT2D eigenvalue weighted by molar-refractivity contribution is 0.349. The molecule has 1 aliphatic heterocycles. The van der Waals surface area contributed by atoms with Crippen LogP contribution in [0.25, 0.3) is 0 Å². The van der Waals surface area contributed by atoms with E-state index in [-0.39, 0.29) is 6.04 Å². The van der Waals surface area contributed by atoms with Crippen LogP contribution in [0.3, 0.4) is 0 Å². The average molecular weight is 320 g/mol. The Labute approximate surface area is 131 Å². The molecule has 1 atom stereocenters. The van der Waals surface area contributed by atoms with Crippen molar-refractivity contribution >= 4 is 10.0 Å². The molecule has 1 aliphatic rings. The van der Waals surface area contributed by atoms with E-state index >= 15 is 0 Å². The highest BCUT2D eigenvalue weighted by Crippen LogP contribution is 2.36. The molecular weight excluding hydrogens is 300 g/mol. The zero-order chi connectivity index (χ0) is 15.9. The Hall–Kier alpha value is -1.66. The molecule has 0 bridgehead atoms. The van der Waals surface area contributed by atoms with Crippen LogP contribution in [0.4, 0.5) is 0 Å². The van der Waals surface area contributed by atoms with E-state index in [2.05, 4.69) is 5.16 Å². The van der Waals surface area contributed by atoms with Gasteiger partial charge in [-0.1, -0.05) is 11.2 Å². The molecule has 0 saturated carbocycles. The fourth-order valence-electron chi connectivity index (χ4n) is 2.88. The van der Waals surface area contributed by atoms with Crippen molar-refractivity contribution in [3.05, 3.63) is 46.8 Å². The lowest BCUT2D eigenvalue weighted by Gasteiger charge is -2.22. The minimum absolute atomic E-state index is 0.232. The maximum Gasteiger partial charge on any atom is 0.243 e. The number of hydrogen-bond acceptors (Lipinski definition) is 4. The molecule has 0 unspecified atom stereocenters. The maximum atomic E-state index is 13.0. The zero-order valence-electron chi connectivity index (χ0n) is 13.0. The van der Waals surface area contributed by atoms with Crippen molar-refractivity contribution in [1.29, 1.82) is 0 Å². The Bertz CT molecular complexity index is 795. The van der Waals surface area contributed by atoms with Crippen LogP contribution >= 0.6 is 0 Å². The summed E-state index contributed by atoms with van der Waals surface area (Å²) in [6, 6.07) is 6.87. The lowest BCUT2D eigenvalue weighted by Crippen LogP contribution is -2.31. The second-order valence-electron chi connectivity index (χ2n) is 5.88. The van der Waals surface area contributed by atoms with Crippen LogP contribution in [0.15, 0.2) is 33.7 Å². The summed E-state index contributed by atoms with van der Waals surface area (Å²) in [6.45, 7) is 6.23. The van der Waals surface area contributed by atoms with Gasteiger partial charge in [-0.2, -0.15) is 4.31 Å². The van der Waals surface area contributed by atoms with E-state index in [1.54, 1.807) is 16.4 Å². The third-order valence-corrected chi connectivity index (χ3v) is 6.18. The molecule has 2 aromatic rings. The van der Waals surface area contributed by atoms with Crippen molar-refractivity contribution in [2.45, 2.75) is 44.6 Å². The second kappa shape index (κ2) is 5.52. The molecular formula is C16H20N2O3S. The Morgan fingerprint density at radius 2 is 1.95 bits per heavy atom. The molecule has 118 valence electrons. The van der Waals surface area contributed by atoms with Crippen molar-refractivity contribution in [3.8, 4) is 0 Å². The first kappa shape index (κ1) is 15.2. The number of benzene rings is 1. The standard InChI is InChI=1S/C16H20N2O3S/c1-11-6-7-14(9-12(11)2)22(19,20)18-8-4-5-16(18)15-10-13(3)21-17-15/h6-7,9-10,16H,4-5,8H2,1-3H3/t16-/m1/s1. The highest BCUT2D eigenvalue weighted by atomic mass is 32.2. The van der Waals surface area contributed by atoms with Gasteiger partial charge in [0.15, 0.2) is 0 Å². The molecule has 0 radical (unpaired) electrons. The monoisotopic (exact) mass is 320 g/mol. The fourth-order valence-corrected chi connectivity index (χ4v) is 4.63. The van der Waals surface area contributed by atoms with Gasteiger partial charge in [0.25, 0.3) is 0 Å². The Morgan fingerprint density at radius 1 is 1.18 bits per heavy atom. The smallest absolute Gasteiger partial charge is 0.243 e. The van der Waals surface area contributed by atoms with Crippen molar-refractivity contribution in [2.75, 3.05) is 6.54 Å². The maximum absolute atomic E-state index is 13.0. The van der Waals surface area contributed by atoms with Gasteiger partial charge in [0.1, 0.15) is 11.5 Å². The first-order valence-corrected chi connectivity index (χ1v) is 8.86. The molecule has 0 amide bonds. The molecule has 22 heavy (non-hydrogen) atoms. The van der Waals surface area contributed by atoms with Gasteiger partial charge >= 0.3 is 0 Å². The fraction of sp³-hybridized carbons (Fsp3) is 0.438. The highest BCUT2D eigenvalue weighted by molar-refractivity contribution is 7.89. The summed E-state index contributed by atoms with van der Waals surface area (Å²) in [7, 11) is -3.51. The van der Waals surface area contributed by atoms with Crippen LogP contribution < -0.4 is 0 Å². The molecule has 1 fully saturated rings. The lowest BCUT2D eigenvalue weighted by atomic mass is 10.1. The Kier molecular flexibility index (Phi) is 3.82. The SMILES string of the molecule is Cc1cc([C@H]2CCCN2S(=O)(=O)c2ccc(C)c(C)c2)no1. The van der Waals surface area contributed by atoms with Crippen LogP contribution in [-0.2, 0) is 10.0 Å². The molecule has 2 heterocycles. The number of hydrogen-bond donors (Lipinski definition) is 0. The van der Waals surface area contributed by atoms with Crippen molar-refractivity contribution < 1.29 is 12.9 Å². The summed E-state index contributed by atoms with van der Waals surface area (Å²) in [5, 5.41) is 4.01. The van der Waals surface area contributed by atoms with Gasteiger partial charge in [-0.25, -0.2) is 8.42 Å². The summed E-state index contributed by atoms with van der Waals surface area (Å²) in [5.74, 6) is 0.699. The van der Waals surface area contributed by atoms with E-state index in [1.807, 2.05) is 32.9 Å². The van der Waals surface area contributed by atoms with E-state index in [4.69, 9.17) is 4.52 Å². The van der Waals surface area contributed by atoms with E-state index < -0.39 is 10.0 Å². The normalized spacial score (nSPS) is 19.7. The molecule has 6 heteroatoms. The molecule has 1 aromatic carbocycles. The Morgan fingerprint density at radius 3 is 2.59 bits per heavy atom. The molecule has 5 nitrogen and oxygen atoms in total. The number of rotatable bonds is 3. The first-order chi connectivity index (χ1) is 10.4. The third kappa shape index (κ3) is 2.57. The molecule has 0 spiro atoms. The van der Waals surface area contributed by atoms with E-state index in [0.717, 1.165) is 24.0 Å². The van der Waals surface area contributed by atoms with Gasteiger partial charge in [0.05, 0.1) is 10.9 Å². The summed E-state index contributed by atoms with van der Waals surface area (Å²) in [5.41, 5.74) is 2.76. The minimum atomic E-state index is -3.51. The highest BCUT2D eigenvalue weighted by Gasteiger charge is 2.37. The van der Waals surface area contributed by atoms with Gasteiger partial charge in [-0.05, 0) is 56.9 Å². The van der Waals surface area contributed by atoms with Crippen LogP contribution in [0.2, 0.25) is 0 Å². The molecule has 1 aromatic heterocycles. The largest absolute Gasteiger partial charge is 0.361 e. The first-order valence-electron chi connectivity index (χ1n) is 7.42. The van der Waals surface area contributed by atoms with Crippen molar-refractivity contribution in [3.63, 3.8) is 0 Å². The predicted octanol–water partition coefficient (Wildman–Crippen LogP) is 3.13. The third-order valence-electron chi connectivity index (χ3n) is 4.28. The molecule has 1 saturated heterocycles. The van der Waals surface area contributed by atoms with E-state index in [1.165, 1.54) is 0 Å². The summed E-state index contributed by atoms with van der Waals surface area (Å²) in [4.78, 5) is 0.350. The quantitative estimate of drug-likeness (QED) is 0.871. The van der Waals surface area contributed by atoms with E-state index in [0.29, 0.717) is 22.9 Å².